The molecule has 0 saturated carbocycles. The molecule has 4 atom stereocenters. The number of pyridine rings is 2. The number of nitrogen functional groups attached to an aromatic ring is 4. The Kier molecular flexibility index (Phi) is 19.4. The molecule has 0 aliphatic carbocycles. The van der Waals surface area contributed by atoms with Crippen LogP contribution in [0.4, 0.5) is 23.3 Å². The van der Waals surface area contributed by atoms with Crippen LogP contribution < -0.4 is 48.9 Å². The lowest BCUT2D eigenvalue weighted by atomic mass is 9.96. The van der Waals surface area contributed by atoms with Crippen molar-refractivity contribution in [2.45, 2.75) is 75.0 Å². The summed E-state index contributed by atoms with van der Waals surface area (Å²) in [6.07, 6.45) is 28.6. The first-order valence-corrected chi connectivity index (χ1v) is 34.1. The number of nitrogens with two attached hydrogens (primary N) is 4. The van der Waals surface area contributed by atoms with Crippen molar-refractivity contribution in [3.05, 3.63) is 139 Å². The minimum absolute atomic E-state index is 0.340. The average molecular weight is 1520 g/mol. The summed E-state index contributed by atoms with van der Waals surface area (Å²) < 4.78 is 22.2. The zero-order valence-corrected chi connectivity index (χ0v) is 57.5. The lowest BCUT2D eigenvalue weighted by Crippen LogP contribution is -2.29. The Morgan fingerprint density at radius 3 is 1.18 bits per heavy atom. The maximum absolute atomic E-state index is 6.32. The average Bonchev–Trinajstić information content (AvgIpc) is 1.73. The zero-order valence-electron chi connectivity index (χ0n) is 51.2. The molecule has 12 aromatic heterocycles. The standard InChI is InChI=1S/C17H19BrN6O.C16H17BrN6.C15H18BrN7.C15H16BrN5O/c1-25-13-5-4-10(8-21-13)12-9-22-24-16(19)14(18)15(23-17(12)24)11-3-2-6-20-7-11;17-13-14(11-4-2-6-20-8-11)22-16-12(9-21-23(16)15(13)18)10-3-1-5-19-7-10;1-22-8-10(6-19-22)11-7-20-23-14(17)12(16)13(21-15(11)23)9-3-2-4-18-5-9;16-12-13(9-2-1-4-18-6-9)20-15-11(10-3-5-22-8-10)7-19-21(15)14(12)17/h4-5,8-9,11,20H,2-3,6-7,19H2,1H3;1,3,5,7,9,11,20H,2,4,6,8,18H2;6-9,18H,2-5,17H2,1H3;3,5,7-9,18H,1-2,4,6,17H2. The maximum atomic E-state index is 6.32. The van der Waals surface area contributed by atoms with Gasteiger partial charge in [0.1, 0.15) is 23.3 Å². The van der Waals surface area contributed by atoms with Crippen LogP contribution in [0.15, 0.2) is 121 Å². The van der Waals surface area contributed by atoms with Gasteiger partial charge in [-0.25, -0.2) is 24.9 Å². The summed E-state index contributed by atoms with van der Waals surface area (Å²) in [4.78, 5) is 28.0. The molecular formula is C63H70Br4N24O2. The van der Waals surface area contributed by atoms with Crippen molar-refractivity contribution in [3.63, 3.8) is 0 Å². The number of furan rings is 1. The van der Waals surface area contributed by atoms with Crippen LogP contribution in [-0.4, -0.2) is 138 Å². The first-order chi connectivity index (χ1) is 45.3. The van der Waals surface area contributed by atoms with Crippen molar-refractivity contribution in [1.29, 1.82) is 0 Å². The molecule has 16 heterocycles. The second-order valence-corrected chi connectivity index (χ2v) is 26.6. The van der Waals surface area contributed by atoms with Gasteiger partial charge in [-0.3, -0.25) is 9.67 Å². The van der Waals surface area contributed by atoms with E-state index in [1.54, 1.807) is 79.6 Å². The van der Waals surface area contributed by atoms with Gasteiger partial charge in [0.15, 0.2) is 22.6 Å². The second-order valence-electron chi connectivity index (χ2n) is 23.4. The van der Waals surface area contributed by atoms with Crippen molar-refractivity contribution in [2.75, 3.05) is 82.4 Å². The Hall–Kier alpha value is -7.97. The number of ether oxygens (including phenoxy) is 1. The number of hydrogen-bond donors (Lipinski definition) is 8. The number of hydrogen-bond acceptors (Lipinski definition) is 21. The highest BCUT2D eigenvalue weighted by molar-refractivity contribution is 9.11. The SMILES string of the molecule is COc1ccc(-c2cnn3c(N)c(Br)c(C4CCCNC4)nc23)cn1.Cn1cc(-c2cnn3c(N)c(Br)c(C4CCCNC4)nc23)cn1.Nc1c(Br)c(C2CCCNC2)nc2c(-c3cccnc3)cnn12.Nc1c(Br)c(C2CCCNC2)nc2c(-c3ccoc3)cnn12. The van der Waals surface area contributed by atoms with E-state index in [1.165, 1.54) is 0 Å². The molecule has 0 amide bonds. The zero-order chi connectivity index (χ0) is 64.3. The van der Waals surface area contributed by atoms with Crippen molar-refractivity contribution in [3.8, 4) is 50.4 Å². The highest BCUT2D eigenvalue weighted by Crippen LogP contribution is 2.40. The van der Waals surface area contributed by atoms with Crippen LogP contribution in [0, 0.1) is 0 Å². The number of aryl methyl sites for hydroxylation is 1. The van der Waals surface area contributed by atoms with Crippen LogP contribution in [0.3, 0.4) is 0 Å². The third kappa shape index (κ3) is 13.1. The Balaban J connectivity index is 0.000000113. The fourth-order valence-corrected chi connectivity index (χ4v) is 14.8. The second kappa shape index (κ2) is 28.3. The Labute approximate surface area is 568 Å². The normalized spacial score (nSPS) is 18.4. The fraction of sp³-hybridized carbons (Fsp3) is 0.349. The predicted molar refractivity (Wildman–Crippen MR) is 373 cm³/mol. The summed E-state index contributed by atoms with van der Waals surface area (Å²) in [5, 5.41) is 35.5. The van der Waals surface area contributed by atoms with E-state index in [4.69, 9.17) is 52.0 Å². The smallest absolute Gasteiger partial charge is 0.212 e. The van der Waals surface area contributed by atoms with Gasteiger partial charge in [-0.05, 0) is 159 Å². The van der Waals surface area contributed by atoms with Gasteiger partial charge < -0.3 is 53.4 Å². The first kappa shape index (κ1) is 63.8. The molecule has 482 valence electrons. The van der Waals surface area contributed by atoms with Crippen molar-refractivity contribution < 1.29 is 9.15 Å². The minimum atomic E-state index is 0.340. The summed E-state index contributed by atoms with van der Waals surface area (Å²) in [6, 6.07) is 9.59. The summed E-state index contributed by atoms with van der Waals surface area (Å²) in [5.74, 6) is 4.33. The van der Waals surface area contributed by atoms with Gasteiger partial charge in [-0.1, -0.05) is 6.07 Å². The van der Waals surface area contributed by atoms with E-state index in [9.17, 15) is 0 Å². The van der Waals surface area contributed by atoms with Crippen LogP contribution in [0.1, 0.15) is 97.8 Å². The summed E-state index contributed by atoms with van der Waals surface area (Å²) >= 11 is 14.4. The fourth-order valence-electron chi connectivity index (χ4n) is 12.5. The van der Waals surface area contributed by atoms with Gasteiger partial charge in [-0.15, -0.1) is 0 Å². The molecule has 4 unspecified atom stereocenters. The summed E-state index contributed by atoms with van der Waals surface area (Å²) in [6.45, 7) is 7.96. The molecule has 4 aliphatic rings. The topological polar surface area (TPSA) is 339 Å². The molecule has 0 aromatic carbocycles. The Morgan fingerprint density at radius 1 is 0.473 bits per heavy atom. The molecule has 93 heavy (non-hydrogen) atoms. The van der Waals surface area contributed by atoms with Gasteiger partial charge in [0.25, 0.3) is 0 Å². The molecular weight excluding hydrogens is 1440 g/mol. The third-order valence-corrected chi connectivity index (χ3v) is 20.7. The number of halogens is 4. The molecule has 26 nitrogen and oxygen atoms in total. The highest BCUT2D eigenvalue weighted by Gasteiger charge is 2.29. The molecule has 0 radical (unpaired) electrons. The molecule has 0 spiro atoms. The third-order valence-electron chi connectivity index (χ3n) is 17.4. The van der Waals surface area contributed by atoms with E-state index in [1.807, 2.05) is 56.0 Å². The van der Waals surface area contributed by atoms with Gasteiger partial charge in [-0.2, -0.15) is 43.6 Å². The van der Waals surface area contributed by atoms with Crippen molar-refractivity contribution >= 4 is 110 Å². The van der Waals surface area contributed by atoms with E-state index in [-0.39, 0.29) is 0 Å². The van der Waals surface area contributed by atoms with Gasteiger partial charge in [0.05, 0.1) is 91.3 Å². The van der Waals surface area contributed by atoms with Gasteiger partial charge in [0, 0.05) is 132 Å². The van der Waals surface area contributed by atoms with E-state index in [2.05, 4.69) is 120 Å². The molecule has 4 fully saturated rings. The maximum Gasteiger partial charge on any atom is 0.212 e. The summed E-state index contributed by atoms with van der Waals surface area (Å²) in [7, 11) is 3.49. The van der Waals surface area contributed by atoms with E-state index < -0.39 is 0 Å². The molecule has 30 heteroatoms. The molecule has 12 N–H and O–H groups in total. The van der Waals surface area contributed by atoms with E-state index in [0.29, 0.717) is 52.8 Å². The lowest BCUT2D eigenvalue weighted by Gasteiger charge is -2.23. The predicted octanol–water partition coefficient (Wildman–Crippen LogP) is 9.96. The molecule has 4 saturated heterocycles. The molecule has 0 bridgehead atoms. The van der Waals surface area contributed by atoms with Gasteiger partial charge in [0.2, 0.25) is 5.88 Å². The molecule has 12 aromatic rings. The van der Waals surface area contributed by atoms with E-state index >= 15 is 0 Å². The first-order valence-electron chi connectivity index (χ1n) is 30.9. The number of nitrogens with zero attached hydrogens (tertiary/aromatic N) is 16. The number of anilines is 4. The quantitative estimate of drug-likeness (QED) is 0.0666. The lowest BCUT2D eigenvalue weighted by molar-refractivity contribution is 0.398. The van der Waals surface area contributed by atoms with Crippen LogP contribution >= 0.6 is 63.7 Å². The van der Waals surface area contributed by atoms with E-state index in [0.717, 1.165) is 211 Å². The number of piperidine rings is 4. The Bertz CT molecular complexity index is 4560. The van der Waals surface area contributed by atoms with Crippen LogP contribution in [0.25, 0.3) is 67.1 Å². The number of nitrogens with one attached hydrogen (secondary N) is 4. The molecule has 4 aliphatic heterocycles. The number of aromatic nitrogens is 16. The summed E-state index contributed by atoms with van der Waals surface area (Å²) in [5.41, 5.74) is 39.8. The van der Waals surface area contributed by atoms with Crippen molar-refractivity contribution in [2.24, 2.45) is 7.05 Å². The largest absolute Gasteiger partial charge is 0.481 e. The monoisotopic (exact) mass is 1510 g/mol. The number of fused-ring (bicyclic) bond motifs is 4. The minimum Gasteiger partial charge on any atom is -0.481 e. The van der Waals surface area contributed by atoms with Gasteiger partial charge >= 0.3 is 0 Å². The Morgan fingerprint density at radius 2 is 0.871 bits per heavy atom. The van der Waals surface area contributed by atoms with Crippen LogP contribution in [-0.2, 0) is 7.05 Å². The van der Waals surface area contributed by atoms with Crippen LogP contribution in [0.2, 0.25) is 0 Å². The number of rotatable bonds is 9. The number of methoxy groups -OCH3 is 1. The van der Waals surface area contributed by atoms with Crippen LogP contribution in [0.5, 0.6) is 5.88 Å². The highest BCUT2D eigenvalue weighted by atomic mass is 79.9. The van der Waals surface area contributed by atoms with Crippen molar-refractivity contribution in [1.82, 2.24) is 99.4 Å². The molecule has 16 rings (SSSR count).